The van der Waals surface area contributed by atoms with E-state index in [4.69, 9.17) is 5.73 Å². The number of nitrogens with one attached hydrogen (secondary N) is 1. The lowest BCUT2D eigenvalue weighted by molar-refractivity contribution is -0.121. The summed E-state index contributed by atoms with van der Waals surface area (Å²) < 4.78 is 1.83. The molecule has 9 heteroatoms. The van der Waals surface area contributed by atoms with Crippen molar-refractivity contribution in [3.05, 3.63) is 16.6 Å². The van der Waals surface area contributed by atoms with E-state index in [1.54, 1.807) is 0 Å². The highest BCUT2D eigenvalue weighted by Gasteiger charge is 2.29. The Morgan fingerprint density at radius 1 is 1.42 bits per heavy atom. The van der Waals surface area contributed by atoms with E-state index in [-0.39, 0.29) is 30.3 Å². The number of fused-ring (bicyclic) bond motifs is 1. The summed E-state index contributed by atoms with van der Waals surface area (Å²) in [6, 6.07) is 2.00. The minimum absolute atomic E-state index is 0. The van der Waals surface area contributed by atoms with Gasteiger partial charge in [-0.2, -0.15) is 5.10 Å². The van der Waals surface area contributed by atoms with Gasteiger partial charge >= 0.3 is 0 Å². The van der Waals surface area contributed by atoms with E-state index in [9.17, 15) is 9.59 Å². The molecule has 0 bridgehead atoms. The van der Waals surface area contributed by atoms with Crippen molar-refractivity contribution in [2.45, 2.75) is 38.6 Å². The number of amides is 2. The molecule has 3 N–H and O–H groups in total. The second-order valence-electron chi connectivity index (χ2n) is 6.53. The van der Waals surface area contributed by atoms with E-state index in [1.165, 1.54) is 11.3 Å². The van der Waals surface area contributed by atoms with Gasteiger partial charge in [-0.25, -0.2) is 0 Å². The number of nitrogens with two attached hydrogens (primary N) is 1. The number of carbonyl (C=O) groups is 2. The minimum Gasteiger partial charge on any atom is -0.354 e. The standard InChI is InChI=1S/C17H25N5O2S.ClH/c1-11-13-9-14(25-17(13)21(2)20-11)16(24)22-8-4-3-5-12(22)10-19-15(23)6-7-18;/h9,12H,3-8,10,18H2,1-2H3,(H,19,23);1H. The normalized spacial score (nSPS) is 17.2. The topological polar surface area (TPSA) is 93.2 Å². The maximum absolute atomic E-state index is 13.0. The third-order valence-corrected chi connectivity index (χ3v) is 5.89. The lowest BCUT2D eigenvalue weighted by Gasteiger charge is -2.35. The monoisotopic (exact) mass is 399 g/mol. The zero-order chi connectivity index (χ0) is 18.0. The number of aryl methyl sites for hydroxylation is 2. The maximum atomic E-state index is 13.0. The second-order valence-corrected chi connectivity index (χ2v) is 7.56. The highest BCUT2D eigenvalue weighted by atomic mass is 35.5. The lowest BCUT2D eigenvalue weighted by atomic mass is 10.0. The third kappa shape index (κ3) is 4.19. The number of carbonyl (C=O) groups excluding carboxylic acids is 2. The van der Waals surface area contributed by atoms with Crippen LogP contribution in [-0.2, 0) is 11.8 Å². The quantitative estimate of drug-likeness (QED) is 0.801. The van der Waals surface area contributed by atoms with Crippen LogP contribution in [0.15, 0.2) is 6.07 Å². The fourth-order valence-electron chi connectivity index (χ4n) is 3.38. The Bertz CT molecular complexity index is 753. The van der Waals surface area contributed by atoms with Crippen molar-refractivity contribution in [3.8, 4) is 0 Å². The Labute approximate surface area is 163 Å². The van der Waals surface area contributed by atoms with Crippen LogP contribution in [-0.4, -0.2) is 52.2 Å². The van der Waals surface area contributed by atoms with Gasteiger partial charge in [-0.3, -0.25) is 14.3 Å². The van der Waals surface area contributed by atoms with Crippen molar-refractivity contribution in [3.63, 3.8) is 0 Å². The van der Waals surface area contributed by atoms with Gasteiger partial charge < -0.3 is 16.0 Å². The summed E-state index contributed by atoms with van der Waals surface area (Å²) in [5.74, 6) is 0.00223. The van der Waals surface area contributed by atoms with E-state index < -0.39 is 0 Å². The molecule has 1 aliphatic rings. The number of likely N-dealkylation sites (tertiary alicyclic amines) is 1. The van der Waals surface area contributed by atoms with Gasteiger partial charge in [0.25, 0.3) is 5.91 Å². The molecule has 1 aliphatic heterocycles. The number of hydrogen-bond donors (Lipinski definition) is 2. The van der Waals surface area contributed by atoms with Crippen LogP contribution in [0, 0.1) is 6.92 Å². The molecule has 1 fully saturated rings. The Morgan fingerprint density at radius 2 is 2.19 bits per heavy atom. The van der Waals surface area contributed by atoms with Gasteiger partial charge in [-0.1, -0.05) is 0 Å². The molecule has 144 valence electrons. The first-order valence-electron chi connectivity index (χ1n) is 8.72. The summed E-state index contributed by atoms with van der Waals surface area (Å²) >= 11 is 1.49. The van der Waals surface area contributed by atoms with Gasteiger partial charge in [0.2, 0.25) is 5.91 Å². The summed E-state index contributed by atoms with van der Waals surface area (Å²) in [6.07, 6.45) is 3.32. The fraction of sp³-hybridized carbons (Fsp3) is 0.588. The molecule has 0 aromatic carbocycles. The molecule has 1 saturated heterocycles. The van der Waals surface area contributed by atoms with Gasteiger partial charge in [-0.15, -0.1) is 23.7 Å². The zero-order valence-corrected chi connectivity index (χ0v) is 16.8. The number of thiophene rings is 1. The van der Waals surface area contributed by atoms with E-state index in [1.807, 2.05) is 29.6 Å². The van der Waals surface area contributed by atoms with E-state index in [2.05, 4.69) is 10.4 Å². The van der Waals surface area contributed by atoms with Crippen LogP contribution in [0.4, 0.5) is 0 Å². The molecule has 0 saturated carbocycles. The molecule has 0 aliphatic carbocycles. The summed E-state index contributed by atoms with van der Waals surface area (Å²) in [7, 11) is 1.90. The second kappa shape index (κ2) is 8.83. The fourth-order valence-corrected chi connectivity index (χ4v) is 4.46. The lowest BCUT2D eigenvalue weighted by Crippen LogP contribution is -2.49. The van der Waals surface area contributed by atoms with Gasteiger partial charge in [0.05, 0.1) is 10.6 Å². The van der Waals surface area contributed by atoms with Crippen LogP contribution >= 0.6 is 23.7 Å². The SMILES string of the molecule is Cc1nn(C)c2sc(C(=O)N3CCCCC3CNC(=O)CCN)cc12.Cl. The van der Waals surface area contributed by atoms with Crippen molar-refractivity contribution < 1.29 is 9.59 Å². The molecule has 1 atom stereocenters. The van der Waals surface area contributed by atoms with Crippen LogP contribution in [0.25, 0.3) is 10.2 Å². The number of nitrogens with zero attached hydrogens (tertiary/aromatic N) is 3. The van der Waals surface area contributed by atoms with Crippen molar-refractivity contribution in [2.24, 2.45) is 12.8 Å². The van der Waals surface area contributed by atoms with E-state index in [0.717, 1.165) is 46.6 Å². The van der Waals surface area contributed by atoms with E-state index in [0.29, 0.717) is 19.5 Å². The van der Waals surface area contributed by atoms with Gasteiger partial charge in [-0.05, 0) is 32.3 Å². The molecule has 2 amide bonds. The summed E-state index contributed by atoms with van der Waals surface area (Å²) in [4.78, 5) is 28.4. The van der Waals surface area contributed by atoms with Gasteiger partial charge in [0.1, 0.15) is 4.83 Å². The van der Waals surface area contributed by atoms with Crippen molar-refractivity contribution in [1.82, 2.24) is 20.0 Å². The number of halogens is 1. The average molecular weight is 400 g/mol. The Kier molecular flexibility index (Phi) is 7.02. The molecule has 3 rings (SSSR count). The molecule has 2 aromatic heterocycles. The maximum Gasteiger partial charge on any atom is 0.264 e. The number of aromatic nitrogens is 2. The highest BCUT2D eigenvalue weighted by Crippen LogP contribution is 2.30. The molecular formula is C17H26ClN5O2S. The molecule has 26 heavy (non-hydrogen) atoms. The van der Waals surface area contributed by atoms with E-state index >= 15 is 0 Å². The van der Waals surface area contributed by atoms with Gasteiger partial charge in [0.15, 0.2) is 0 Å². The molecule has 2 aromatic rings. The Hall–Kier alpha value is -1.64. The predicted octanol–water partition coefficient (Wildman–Crippen LogP) is 1.82. The first-order valence-corrected chi connectivity index (χ1v) is 9.53. The summed E-state index contributed by atoms with van der Waals surface area (Å²) in [6.45, 7) is 3.53. The molecule has 7 nitrogen and oxygen atoms in total. The van der Waals surface area contributed by atoms with Crippen LogP contribution < -0.4 is 11.1 Å². The van der Waals surface area contributed by atoms with Crippen LogP contribution in [0.1, 0.15) is 41.0 Å². The number of rotatable bonds is 5. The summed E-state index contributed by atoms with van der Waals surface area (Å²) in [5.41, 5.74) is 6.35. The predicted molar refractivity (Wildman–Crippen MR) is 106 cm³/mol. The van der Waals surface area contributed by atoms with Crippen molar-refractivity contribution >= 4 is 45.8 Å². The minimum atomic E-state index is -0.0518. The molecule has 0 radical (unpaired) electrons. The Morgan fingerprint density at radius 3 is 2.88 bits per heavy atom. The molecule has 0 spiro atoms. The largest absolute Gasteiger partial charge is 0.354 e. The average Bonchev–Trinajstić information content (AvgIpc) is 3.15. The first-order chi connectivity index (χ1) is 12.0. The van der Waals surface area contributed by atoms with Gasteiger partial charge in [0, 0.05) is 44.5 Å². The third-order valence-electron chi connectivity index (χ3n) is 4.70. The zero-order valence-electron chi connectivity index (χ0n) is 15.2. The molecular weight excluding hydrogens is 374 g/mol. The van der Waals surface area contributed by atoms with Crippen molar-refractivity contribution in [1.29, 1.82) is 0 Å². The number of piperidine rings is 1. The smallest absolute Gasteiger partial charge is 0.264 e. The van der Waals surface area contributed by atoms with Crippen molar-refractivity contribution in [2.75, 3.05) is 19.6 Å². The van der Waals surface area contributed by atoms with Crippen LogP contribution in [0.2, 0.25) is 0 Å². The van der Waals surface area contributed by atoms with Crippen LogP contribution in [0.5, 0.6) is 0 Å². The Balaban J connectivity index is 0.00000243. The summed E-state index contributed by atoms with van der Waals surface area (Å²) in [5, 5.41) is 8.34. The van der Waals surface area contributed by atoms with Crippen LogP contribution in [0.3, 0.4) is 0 Å². The first kappa shape index (κ1) is 20.7. The molecule has 1 unspecified atom stereocenters. The highest BCUT2D eigenvalue weighted by molar-refractivity contribution is 7.20. The number of hydrogen-bond acceptors (Lipinski definition) is 5. The molecule has 3 heterocycles.